The second kappa shape index (κ2) is 1.88. The van der Waals surface area contributed by atoms with Crippen molar-refractivity contribution in [3.63, 3.8) is 0 Å². The fourth-order valence-corrected chi connectivity index (χ4v) is 3.71. The van der Waals surface area contributed by atoms with Crippen LogP contribution < -0.4 is 0 Å². The normalized spacial score (nSPS) is 33.7. The summed E-state index contributed by atoms with van der Waals surface area (Å²) >= 11 is 5.37. The Kier molecular flexibility index (Phi) is 0.970. The molecule has 0 fully saturated rings. The van der Waals surface area contributed by atoms with Gasteiger partial charge in [0.25, 0.3) is 0 Å². The SMILES string of the molecule is S=C1CC2C=C1C1=C2C2=C1CCC2. The van der Waals surface area contributed by atoms with Crippen molar-refractivity contribution in [1.82, 2.24) is 0 Å². The van der Waals surface area contributed by atoms with Gasteiger partial charge in [0, 0.05) is 10.8 Å². The molecule has 4 aliphatic rings. The maximum absolute atomic E-state index is 5.37. The molecule has 0 aromatic heterocycles. The number of rotatable bonds is 0. The molecule has 64 valence electrons. The van der Waals surface area contributed by atoms with E-state index in [2.05, 4.69) is 6.08 Å². The second-order valence-electron chi connectivity index (χ2n) is 4.41. The minimum Gasteiger partial charge on any atom is -0.0842 e. The minimum atomic E-state index is 0.703. The van der Waals surface area contributed by atoms with E-state index < -0.39 is 0 Å². The lowest BCUT2D eigenvalue weighted by atomic mass is 9.73. The zero-order valence-electron chi connectivity index (χ0n) is 7.39. The summed E-state index contributed by atoms with van der Waals surface area (Å²) in [5.74, 6) is 0.703. The van der Waals surface area contributed by atoms with E-state index in [-0.39, 0.29) is 0 Å². The van der Waals surface area contributed by atoms with Crippen molar-refractivity contribution in [2.24, 2.45) is 5.92 Å². The topological polar surface area (TPSA) is 0 Å². The molecular formula is C12H10S. The summed E-state index contributed by atoms with van der Waals surface area (Å²) in [6.45, 7) is 0. The van der Waals surface area contributed by atoms with Gasteiger partial charge in [-0.25, -0.2) is 0 Å². The van der Waals surface area contributed by atoms with Crippen molar-refractivity contribution < 1.29 is 0 Å². The molecule has 0 heterocycles. The van der Waals surface area contributed by atoms with Gasteiger partial charge in [0.1, 0.15) is 0 Å². The highest BCUT2D eigenvalue weighted by atomic mass is 32.1. The van der Waals surface area contributed by atoms with Gasteiger partial charge >= 0.3 is 0 Å². The molecule has 13 heavy (non-hydrogen) atoms. The first-order valence-electron chi connectivity index (χ1n) is 5.08. The first kappa shape index (κ1) is 6.72. The van der Waals surface area contributed by atoms with E-state index in [0.29, 0.717) is 5.92 Å². The van der Waals surface area contributed by atoms with Gasteiger partial charge < -0.3 is 0 Å². The molecule has 0 nitrogen and oxygen atoms in total. The molecule has 0 amide bonds. The fourth-order valence-electron chi connectivity index (χ4n) is 3.36. The summed E-state index contributed by atoms with van der Waals surface area (Å²) in [7, 11) is 0. The first-order valence-corrected chi connectivity index (χ1v) is 5.49. The second-order valence-corrected chi connectivity index (χ2v) is 4.91. The van der Waals surface area contributed by atoms with Crippen LogP contribution in [0.5, 0.6) is 0 Å². The van der Waals surface area contributed by atoms with E-state index in [1.54, 1.807) is 22.3 Å². The Bertz CT molecular complexity index is 446. The molecule has 2 bridgehead atoms. The van der Waals surface area contributed by atoms with Crippen LogP contribution in [-0.2, 0) is 0 Å². The summed E-state index contributed by atoms with van der Waals surface area (Å²) < 4.78 is 0. The molecule has 0 aromatic carbocycles. The lowest BCUT2D eigenvalue weighted by molar-refractivity contribution is 0.804. The van der Waals surface area contributed by atoms with Crippen molar-refractivity contribution in [2.75, 3.05) is 0 Å². The van der Waals surface area contributed by atoms with Crippen molar-refractivity contribution in [1.29, 1.82) is 0 Å². The quantitative estimate of drug-likeness (QED) is 0.524. The highest BCUT2D eigenvalue weighted by Crippen LogP contribution is 2.59. The molecule has 0 aliphatic heterocycles. The molecule has 0 saturated carbocycles. The van der Waals surface area contributed by atoms with Crippen LogP contribution in [0.1, 0.15) is 25.7 Å². The zero-order valence-corrected chi connectivity index (χ0v) is 8.21. The Morgan fingerprint density at radius 3 is 3.00 bits per heavy atom. The van der Waals surface area contributed by atoms with E-state index in [1.807, 2.05) is 0 Å². The first-order chi connectivity index (χ1) is 6.36. The maximum Gasteiger partial charge on any atom is 0.0237 e. The van der Waals surface area contributed by atoms with Gasteiger partial charge in [-0.1, -0.05) is 18.3 Å². The third-order valence-corrected chi connectivity index (χ3v) is 4.21. The molecule has 1 heteroatoms. The van der Waals surface area contributed by atoms with Crippen LogP contribution in [0.15, 0.2) is 33.9 Å². The van der Waals surface area contributed by atoms with Gasteiger partial charge in [0.05, 0.1) is 0 Å². The van der Waals surface area contributed by atoms with Gasteiger partial charge in [0.15, 0.2) is 0 Å². The standard InChI is InChI=1S/C12H10S/c13-10-5-6-4-9(10)12-8-3-1-2-7(8)11(6)12/h4,6H,1-3,5H2. The number of hydrogen-bond donors (Lipinski definition) is 0. The Morgan fingerprint density at radius 2 is 2.08 bits per heavy atom. The average Bonchev–Trinajstić information content (AvgIpc) is 2.66. The van der Waals surface area contributed by atoms with Crippen LogP contribution in [0.2, 0.25) is 0 Å². The molecule has 4 rings (SSSR count). The molecule has 0 N–H and O–H groups in total. The van der Waals surface area contributed by atoms with E-state index in [1.165, 1.54) is 29.7 Å². The monoisotopic (exact) mass is 186 g/mol. The zero-order chi connectivity index (χ0) is 8.58. The summed E-state index contributed by atoms with van der Waals surface area (Å²) in [5, 5.41) is 0. The van der Waals surface area contributed by atoms with Crippen molar-refractivity contribution in [3.05, 3.63) is 33.9 Å². The number of allylic oxidation sites excluding steroid dienone is 6. The van der Waals surface area contributed by atoms with Crippen LogP contribution in [0.3, 0.4) is 0 Å². The van der Waals surface area contributed by atoms with Crippen LogP contribution in [-0.4, -0.2) is 4.86 Å². The molecule has 0 aromatic rings. The van der Waals surface area contributed by atoms with E-state index in [4.69, 9.17) is 12.2 Å². The van der Waals surface area contributed by atoms with Crippen molar-refractivity contribution in [3.8, 4) is 0 Å². The van der Waals surface area contributed by atoms with Crippen molar-refractivity contribution in [2.45, 2.75) is 25.7 Å². The largest absolute Gasteiger partial charge is 0.0842 e. The lowest BCUT2D eigenvalue weighted by Crippen LogP contribution is -2.19. The van der Waals surface area contributed by atoms with E-state index in [9.17, 15) is 0 Å². The number of thiocarbonyl (C=S) groups is 1. The highest BCUT2D eigenvalue weighted by Gasteiger charge is 2.45. The predicted molar refractivity (Wildman–Crippen MR) is 56.7 cm³/mol. The highest BCUT2D eigenvalue weighted by molar-refractivity contribution is 7.81. The predicted octanol–water partition coefficient (Wildman–Crippen LogP) is 3.11. The molecular weight excluding hydrogens is 176 g/mol. The third kappa shape index (κ3) is 0.574. The minimum absolute atomic E-state index is 0.703. The molecule has 0 radical (unpaired) electrons. The average molecular weight is 186 g/mol. The summed E-state index contributed by atoms with van der Waals surface area (Å²) in [4.78, 5) is 1.22. The molecule has 4 aliphatic carbocycles. The summed E-state index contributed by atoms with van der Waals surface area (Å²) in [6.07, 6.45) is 7.59. The Balaban J connectivity index is 1.89. The maximum atomic E-state index is 5.37. The van der Waals surface area contributed by atoms with Gasteiger partial charge in [-0.15, -0.1) is 0 Å². The van der Waals surface area contributed by atoms with Crippen molar-refractivity contribution >= 4 is 17.1 Å². The Morgan fingerprint density at radius 1 is 1.23 bits per heavy atom. The third-order valence-electron chi connectivity index (χ3n) is 3.83. The number of hydrogen-bond acceptors (Lipinski definition) is 1. The summed E-state index contributed by atoms with van der Waals surface area (Å²) in [5.41, 5.74) is 8.11. The van der Waals surface area contributed by atoms with Gasteiger partial charge in [-0.3, -0.25) is 0 Å². The van der Waals surface area contributed by atoms with Crippen LogP contribution >= 0.6 is 12.2 Å². The Labute approximate surface area is 83.0 Å². The van der Waals surface area contributed by atoms with Crippen LogP contribution in [0.4, 0.5) is 0 Å². The van der Waals surface area contributed by atoms with Crippen LogP contribution in [0, 0.1) is 5.92 Å². The molecule has 1 unspecified atom stereocenters. The number of fused-ring (bicyclic) bond motifs is 5. The van der Waals surface area contributed by atoms with E-state index in [0.717, 1.165) is 6.42 Å². The van der Waals surface area contributed by atoms with Gasteiger partial charge in [0.2, 0.25) is 0 Å². The molecule has 1 atom stereocenters. The lowest BCUT2D eigenvalue weighted by Gasteiger charge is -2.31. The smallest absolute Gasteiger partial charge is 0.0237 e. The van der Waals surface area contributed by atoms with Gasteiger partial charge in [-0.2, -0.15) is 0 Å². The van der Waals surface area contributed by atoms with Gasteiger partial charge in [-0.05, 0) is 53.5 Å². The summed E-state index contributed by atoms with van der Waals surface area (Å²) in [6, 6.07) is 0. The van der Waals surface area contributed by atoms with E-state index >= 15 is 0 Å². The molecule has 0 spiro atoms. The van der Waals surface area contributed by atoms with Crippen LogP contribution in [0.25, 0.3) is 0 Å². The Hall–Kier alpha value is -0.690. The fraction of sp³-hybridized carbons (Fsp3) is 0.417. The molecule has 0 saturated heterocycles.